The molecule has 1 heterocycles. The number of anilines is 1. The molecule has 0 fully saturated rings. The largest absolute Gasteiger partial charge is 0.493 e. The van der Waals surface area contributed by atoms with E-state index in [4.69, 9.17) is 15.2 Å². The second-order valence-corrected chi connectivity index (χ2v) is 6.09. The maximum Gasteiger partial charge on any atom is 0.161 e. The van der Waals surface area contributed by atoms with Gasteiger partial charge in [-0.2, -0.15) is 5.26 Å². The van der Waals surface area contributed by atoms with Crippen molar-refractivity contribution >= 4 is 5.82 Å². The monoisotopic (exact) mass is 323 g/mol. The third-order valence-corrected chi connectivity index (χ3v) is 4.67. The number of methoxy groups -OCH3 is 2. The molecule has 3 rings (SSSR count). The summed E-state index contributed by atoms with van der Waals surface area (Å²) in [5, 5.41) is 9.63. The highest BCUT2D eigenvalue weighted by molar-refractivity contribution is 5.80. The van der Waals surface area contributed by atoms with Crippen LogP contribution in [0.4, 0.5) is 5.82 Å². The number of pyridine rings is 1. The van der Waals surface area contributed by atoms with E-state index in [-0.39, 0.29) is 0 Å². The van der Waals surface area contributed by atoms with Crippen LogP contribution in [-0.4, -0.2) is 19.2 Å². The van der Waals surface area contributed by atoms with Crippen molar-refractivity contribution in [2.24, 2.45) is 0 Å². The fourth-order valence-electron chi connectivity index (χ4n) is 3.47. The maximum atomic E-state index is 9.63. The average Bonchev–Trinajstić information content (AvgIpc) is 2.61. The highest BCUT2D eigenvalue weighted by atomic mass is 16.5. The van der Waals surface area contributed by atoms with Crippen LogP contribution in [0.5, 0.6) is 11.5 Å². The zero-order chi connectivity index (χ0) is 17.3. The molecule has 0 spiro atoms. The molecule has 0 amide bonds. The number of nitrogens with two attached hydrogens (primary N) is 1. The lowest BCUT2D eigenvalue weighted by Gasteiger charge is -2.25. The van der Waals surface area contributed by atoms with Crippen LogP contribution in [0.15, 0.2) is 18.2 Å². The molecule has 0 unspecified atom stereocenters. The standard InChI is InChI=1S/C19H21N3O2/c1-11-5-4-6-13-17(14(10-20)19(21)22-18(11)13)12-7-8-15(23-2)16(9-12)24-3/h7-9,11H,4-6H2,1-3H3,(H2,21,22)/t11-/m0/s1. The number of fused-ring (bicyclic) bond motifs is 1. The van der Waals surface area contributed by atoms with E-state index < -0.39 is 0 Å². The Morgan fingerprint density at radius 1 is 1.25 bits per heavy atom. The number of rotatable bonds is 3. The van der Waals surface area contributed by atoms with E-state index in [0.717, 1.165) is 41.6 Å². The van der Waals surface area contributed by atoms with E-state index in [2.05, 4.69) is 18.0 Å². The first kappa shape index (κ1) is 16.1. The van der Waals surface area contributed by atoms with Crippen LogP contribution in [0.25, 0.3) is 11.1 Å². The minimum atomic E-state index is 0.301. The van der Waals surface area contributed by atoms with Gasteiger partial charge >= 0.3 is 0 Å². The predicted octanol–water partition coefficient (Wildman–Crippen LogP) is 3.66. The highest BCUT2D eigenvalue weighted by Gasteiger charge is 2.26. The fraction of sp³-hybridized carbons (Fsp3) is 0.368. The lowest BCUT2D eigenvalue weighted by Crippen LogP contribution is -2.14. The molecule has 2 N–H and O–H groups in total. The Morgan fingerprint density at radius 3 is 2.67 bits per heavy atom. The third kappa shape index (κ3) is 2.54. The molecule has 0 bridgehead atoms. The smallest absolute Gasteiger partial charge is 0.161 e. The summed E-state index contributed by atoms with van der Waals surface area (Å²) < 4.78 is 10.7. The topological polar surface area (TPSA) is 81.2 Å². The summed E-state index contributed by atoms with van der Waals surface area (Å²) in [6, 6.07) is 7.92. The van der Waals surface area contributed by atoms with Crippen LogP contribution < -0.4 is 15.2 Å². The molecular formula is C19H21N3O2. The summed E-state index contributed by atoms with van der Waals surface area (Å²) >= 11 is 0. The zero-order valence-electron chi connectivity index (χ0n) is 14.2. The number of hydrogen-bond donors (Lipinski definition) is 1. The Morgan fingerprint density at radius 2 is 2.00 bits per heavy atom. The lowest BCUT2D eigenvalue weighted by molar-refractivity contribution is 0.355. The van der Waals surface area contributed by atoms with Crippen LogP contribution in [0.2, 0.25) is 0 Å². The average molecular weight is 323 g/mol. The number of aromatic nitrogens is 1. The van der Waals surface area contributed by atoms with Crippen LogP contribution in [0, 0.1) is 11.3 Å². The minimum Gasteiger partial charge on any atom is -0.493 e. The second-order valence-electron chi connectivity index (χ2n) is 6.09. The van der Waals surface area contributed by atoms with E-state index in [1.807, 2.05) is 18.2 Å². The number of nitriles is 1. The summed E-state index contributed by atoms with van der Waals surface area (Å²) in [7, 11) is 3.21. The van der Waals surface area contributed by atoms with Gasteiger partial charge in [0.25, 0.3) is 0 Å². The van der Waals surface area contributed by atoms with E-state index in [1.165, 1.54) is 0 Å². The van der Waals surface area contributed by atoms with Gasteiger partial charge < -0.3 is 15.2 Å². The first-order valence-electron chi connectivity index (χ1n) is 8.05. The normalized spacial score (nSPS) is 16.2. The molecule has 0 radical (unpaired) electrons. The molecular weight excluding hydrogens is 302 g/mol. The number of benzene rings is 1. The Labute approximate surface area is 142 Å². The molecule has 24 heavy (non-hydrogen) atoms. The Hall–Kier alpha value is -2.74. The highest BCUT2D eigenvalue weighted by Crippen LogP contribution is 2.41. The molecule has 5 nitrogen and oxygen atoms in total. The molecule has 124 valence electrons. The first-order valence-corrected chi connectivity index (χ1v) is 8.05. The van der Waals surface area contributed by atoms with Crippen LogP contribution in [0.3, 0.4) is 0 Å². The number of nitrogen functional groups attached to an aromatic ring is 1. The van der Waals surface area contributed by atoms with Crippen LogP contribution in [-0.2, 0) is 6.42 Å². The quantitative estimate of drug-likeness (QED) is 0.932. The summed E-state index contributed by atoms with van der Waals surface area (Å²) in [5.41, 5.74) is 10.5. The van der Waals surface area contributed by atoms with Gasteiger partial charge in [0.05, 0.1) is 14.2 Å². The molecule has 0 aliphatic heterocycles. The van der Waals surface area contributed by atoms with Crippen LogP contribution >= 0.6 is 0 Å². The van der Waals surface area contributed by atoms with Crippen molar-refractivity contribution in [2.45, 2.75) is 32.1 Å². The molecule has 1 aromatic heterocycles. The van der Waals surface area contributed by atoms with Crippen molar-refractivity contribution in [3.63, 3.8) is 0 Å². The van der Waals surface area contributed by atoms with E-state index in [1.54, 1.807) is 14.2 Å². The van der Waals surface area contributed by atoms with E-state index in [9.17, 15) is 5.26 Å². The van der Waals surface area contributed by atoms with Crippen LogP contribution in [0.1, 0.15) is 42.5 Å². The summed E-state index contributed by atoms with van der Waals surface area (Å²) in [6.45, 7) is 2.16. The maximum absolute atomic E-state index is 9.63. The van der Waals surface area contributed by atoms with Crippen molar-refractivity contribution in [2.75, 3.05) is 20.0 Å². The van der Waals surface area contributed by atoms with Crippen molar-refractivity contribution < 1.29 is 9.47 Å². The van der Waals surface area contributed by atoms with Crippen molar-refractivity contribution in [3.8, 4) is 28.7 Å². The molecule has 1 aliphatic rings. The lowest BCUT2D eigenvalue weighted by atomic mass is 9.82. The molecule has 1 aliphatic carbocycles. The summed E-state index contributed by atoms with van der Waals surface area (Å²) in [5.74, 6) is 1.94. The third-order valence-electron chi connectivity index (χ3n) is 4.67. The van der Waals surface area contributed by atoms with Gasteiger partial charge in [0.2, 0.25) is 0 Å². The van der Waals surface area contributed by atoms with Gasteiger partial charge in [0.15, 0.2) is 11.5 Å². The number of ether oxygens (including phenoxy) is 2. The van der Waals surface area contributed by atoms with Gasteiger partial charge in [0, 0.05) is 11.3 Å². The van der Waals surface area contributed by atoms with Gasteiger partial charge in [-0.15, -0.1) is 0 Å². The molecule has 5 heteroatoms. The predicted molar refractivity (Wildman–Crippen MR) is 93.3 cm³/mol. The van der Waals surface area contributed by atoms with Crippen molar-refractivity contribution in [3.05, 3.63) is 35.0 Å². The van der Waals surface area contributed by atoms with Gasteiger partial charge in [-0.25, -0.2) is 4.98 Å². The minimum absolute atomic E-state index is 0.301. The Bertz CT molecular complexity index is 824. The van der Waals surface area contributed by atoms with E-state index >= 15 is 0 Å². The molecule has 1 aromatic carbocycles. The Balaban J connectivity index is 2.29. The fourth-order valence-corrected chi connectivity index (χ4v) is 3.47. The second kappa shape index (κ2) is 6.40. The van der Waals surface area contributed by atoms with Crippen molar-refractivity contribution in [1.29, 1.82) is 5.26 Å². The van der Waals surface area contributed by atoms with E-state index in [0.29, 0.717) is 28.8 Å². The van der Waals surface area contributed by atoms with Gasteiger partial charge in [-0.05, 0) is 48.4 Å². The summed E-state index contributed by atoms with van der Waals surface area (Å²) in [4.78, 5) is 4.53. The molecule has 1 atom stereocenters. The Kier molecular flexibility index (Phi) is 4.30. The molecule has 0 saturated carbocycles. The SMILES string of the molecule is COc1ccc(-c2c(C#N)c(N)nc3c2CCC[C@@H]3C)cc1OC. The van der Waals surface area contributed by atoms with Gasteiger partial charge in [0.1, 0.15) is 17.5 Å². The number of nitrogens with zero attached hydrogens (tertiary/aromatic N) is 2. The van der Waals surface area contributed by atoms with Crippen molar-refractivity contribution in [1.82, 2.24) is 4.98 Å². The molecule has 0 saturated heterocycles. The molecule has 2 aromatic rings. The summed E-state index contributed by atoms with van der Waals surface area (Å²) in [6.07, 6.45) is 3.09. The first-order chi connectivity index (χ1) is 11.6. The van der Waals surface area contributed by atoms with Gasteiger partial charge in [-0.1, -0.05) is 13.0 Å². The zero-order valence-corrected chi connectivity index (χ0v) is 14.2. The number of hydrogen-bond acceptors (Lipinski definition) is 5. The van der Waals surface area contributed by atoms with Gasteiger partial charge in [-0.3, -0.25) is 0 Å².